The highest BCUT2D eigenvalue weighted by molar-refractivity contribution is 6.09. The van der Waals surface area contributed by atoms with Crippen LogP contribution in [0, 0.1) is 11.0 Å². The van der Waals surface area contributed by atoms with E-state index in [1.165, 1.54) is 44.6 Å². The number of hydrogen-bond donors (Lipinski definition) is 1. The van der Waals surface area contributed by atoms with E-state index in [9.17, 15) is 19.2 Å². The zero-order valence-corrected chi connectivity index (χ0v) is 17.7. The minimum Gasteiger partial charge on any atom is -0.733 e. The highest BCUT2D eigenvalue weighted by atomic mass is 19.1. The van der Waals surface area contributed by atoms with E-state index in [0.717, 1.165) is 24.3 Å². The molecule has 0 aliphatic carbocycles. The van der Waals surface area contributed by atoms with Crippen LogP contribution in [0.1, 0.15) is 26.3 Å². The number of anilines is 1. The van der Waals surface area contributed by atoms with Crippen LogP contribution in [0.2, 0.25) is 0 Å². The number of ketones is 1. The number of rotatable bonds is 8. The first-order valence-corrected chi connectivity index (χ1v) is 9.54. The summed E-state index contributed by atoms with van der Waals surface area (Å²) < 4.78 is 29.5. The number of benzene rings is 3. The number of nitrogens with zero attached hydrogens (tertiary/aromatic N) is 1. The van der Waals surface area contributed by atoms with Crippen molar-refractivity contribution < 1.29 is 33.4 Å². The molecule has 33 heavy (non-hydrogen) atoms. The summed E-state index contributed by atoms with van der Waals surface area (Å²) in [5, 5.41) is 19.6. The molecule has 9 heteroatoms. The van der Waals surface area contributed by atoms with Gasteiger partial charge in [0.15, 0.2) is 17.3 Å². The molecule has 1 N–H and O–H groups in total. The molecule has 0 radical (unpaired) electrons. The van der Waals surface area contributed by atoms with Crippen LogP contribution in [0.15, 0.2) is 66.7 Å². The van der Waals surface area contributed by atoms with Gasteiger partial charge in [-0.3, -0.25) is 10.0 Å². The van der Waals surface area contributed by atoms with Gasteiger partial charge in [-0.2, -0.15) is 0 Å². The summed E-state index contributed by atoms with van der Waals surface area (Å²) >= 11 is 0. The molecule has 0 bridgehead atoms. The minimum atomic E-state index is -0.900. The topological polar surface area (TPSA) is 108 Å². The molecule has 0 atom stereocenters. The molecule has 3 aromatic carbocycles. The number of esters is 1. The monoisotopic (exact) mass is 452 g/mol. The number of halogens is 1. The third kappa shape index (κ3) is 5.73. The van der Waals surface area contributed by atoms with Crippen molar-refractivity contribution >= 4 is 23.5 Å². The predicted molar refractivity (Wildman–Crippen MR) is 118 cm³/mol. The van der Waals surface area contributed by atoms with Gasteiger partial charge in [0, 0.05) is 0 Å². The van der Waals surface area contributed by atoms with Gasteiger partial charge in [0.2, 0.25) is 0 Å². The van der Waals surface area contributed by atoms with Crippen LogP contribution in [0.25, 0.3) is 6.08 Å². The lowest BCUT2D eigenvalue weighted by Crippen LogP contribution is -2.13. The van der Waals surface area contributed by atoms with E-state index in [1.54, 1.807) is 18.2 Å². The molecule has 0 unspecified atom stereocenters. The van der Waals surface area contributed by atoms with Gasteiger partial charge in [-0.1, -0.05) is 18.2 Å². The van der Waals surface area contributed by atoms with Crippen LogP contribution in [-0.2, 0) is 0 Å². The molecule has 0 saturated carbocycles. The molecular weight excluding hydrogens is 433 g/mol. The third-order valence-corrected chi connectivity index (χ3v) is 4.55. The first kappa shape index (κ1) is 23.5. The van der Waals surface area contributed by atoms with Crippen molar-refractivity contribution in [3.05, 3.63) is 94.5 Å². The molecule has 0 saturated heterocycles. The quantitative estimate of drug-likeness (QED) is 0.173. The van der Waals surface area contributed by atoms with Gasteiger partial charge in [-0.15, -0.1) is 0 Å². The molecule has 170 valence electrons. The molecule has 0 spiro atoms. The van der Waals surface area contributed by atoms with E-state index in [2.05, 4.69) is 0 Å². The van der Waals surface area contributed by atoms with Crippen LogP contribution < -0.4 is 19.4 Å². The Morgan fingerprint density at radius 1 is 0.970 bits per heavy atom. The van der Waals surface area contributed by atoms with Gasteiger partial charge in [0.25, 0.3) is 0 Å². The normalized spacial score (nSPS) is 10.7. The van der Waals surface area contributed by atoms with Crippen molar-refractivity contribution in [1.29, 1.82) is 0 Å². The van der Waals surface area contributed by atoms with Gasteiger partial charge in [-0.05, 0) is 60.2 Å². The molecule has 8 nitrogen and oxygen atoms in total. The smallest absolute Gasteiger partial charge is 0.343 e. The van der Waals surface area contributed by atoms with E-state index in [4.69, 9.17) is 19.4 Å². The summed E-state index contributed by atoms with van der Waals surface area (Å²) in [6.07, 6.45) is 2.70. The predicted octanol–water partition coefficient (Wildman–Crippen LogP) is 4.65. The molecule has 0 aliphatic heterocycles. The molecule has 0 fully saturated rings. The van der Waals surface area contributed by atoms with E-state index in [0.29, 0.717) is 17.1 Å². The van der Waals surface area contributed by atoms with Crippen LogP contribution in [0.5, 0.6) is 17.2 Å². The second-order valence-corrected chi connectivity index (χ2v) is 6.67. The number of allylic oxidation sites excluding steroid dienone is 1. The zero-order valence-electron chi connectivity index (χ0n) is 17.7. The van der Waals surface area contributed by atoms with Crippen LogP contribution in [-0.4, -0.2) is 31.2 Å². The largest absolute Gasteiger partial charge is 0.733 e. The minimum absolute atomic E-state index is 0.0500. The number of hydrogen-bond acceptors (Lipinski definition) is 8. The highest BCUT2D eigenvalue weighted by Crippen LogP contribution is 2.28. The summed E-state index contributed by atoms with van der Waals surface area (Å²) in [6, 6.07) is 13.3. The second-order valence-electron chi connectivity index (χ2n) is 6.67. The SMILES string of the molecule is COc1ccc(C=CC(=O)c2cc(F)ccc2OC(=O)c2cccc(N([O-])O)c2)cc1OC. The Bertz CT molecular complexity index is 1210. The molecule has 3 aromatic rings. The van der Waals surface area contributed by atoms with Crippen molar-refractivity contribution in [2.24, 2.45) is 0 Å². The van der Waals surface area contributed by atoms with Crippen LogP contribution >= 0.6 is 0 Å². The molecule has 0 aliphatic rings. The molecular formula is C24H19FNO7-. The van der Waals surface area contributed by atoms with Gasteiger partial charge in [0.05, 0.1) is 31.0 Å². The van der Waals surface area contributed by atoms with Gasteiger partial charge >= 0.3 is 5.97 Å². The van der Waals surface area contributed by atoms with Crippen molar-refractivity contribution in [2.45, 2.75) is 0 Å². The fourth-order valence-electron chi connectivity index (χ4n) is 2.91. The Hall–Kier alpha value is -4.21. The van der Waals surface area contributed by atoms with Gasteiger partial charge < -0.3 is 24.6 Å². The lowest BCUT2D eigenvalue weighted by Gasteiger charge is -2.21. The lowest BCUT2D eigenvalue weighted by molar-refractivity contribution is 0.0733. The summed E-state index contributed by atoms with van der Waals surface area (Å²) in [5.41, 5.74) is 0.214. The van der Waals surface area contributed by atoms with Crippen molar-refractivity contribution in [2.75, 3.05) is 19.4 Å². The van der Waals surface area contributed by atoms with E-state index in [-0.39, 0.29) is 22.6 Å². The average molecular weight is 452 g/mol. The second kappa shape index (κ2) is 10.4. The Kier molecular flexibility index (Phi) is 7.39. The lowest BCUT2D eigenvalue weighted by atomic mass is 10.1. The summed E-state index contributed by atoms with van der Waals surface area (Å²) in [4.78, 5) is 25.2. The summed E-state index contributed by atoms with van der Waals surface area (Å²) in [5.74, 6) is -1.39. The Morgan fingerprint density at radius 3 is 2.39 bits per heavy atom. The van der Waals surface area contributed by atoms with Crippen molar-refractivity contribution in [1.82, 2.24) is 0 Å². The third-order valence-electron chi connectivity index (χ3n) is 4.55. The van der Waals surface area contributed by atoms with E-state index in [1.807, 2.05) is 0 Å². The number of carbonyl (C=O) groups is 2. The van der Waals surface area contributed by atoms with E-state index < -0.39 is 22.8 Å². The fraction of sp³-hybridized carbons (Fsp3) is 0.0833. The summed E-state index contributed by atoms with van der Waals surface area (Å²) in [7, 11) is 2.98. The number of methoxy groups -OCH3 is 2. The maximum absolute atomic E-state index is 13.8. The first-order valence-electron chi connectivity index (χ1n) is 9.54. The first-order chi connectivity index (χ1) is 15.8. The van der Waals surface area contributed by atoms with E-state index >= 15 is 0 Å². The van der Waals surface area contributed by atoms with Gasteiger partial charge in [0.1, 0.15) is 11.6 Å². The maximum atomic E-state index is 13.8. The fourth-order valence-corrected chi connectivity index (χ4v) is 2.91. The van der Waals surface area contributed by atoms with Crippen LogP contribution in [0.4, 0.5) is 10.1 Å². The molecule has 0 aromatic heterocycles. The molecule has 0 amide bonds. The maximum Gasteiger partial charge on any atom is 0.343 e. The van der Waals surface area contributed by atoms with Crippen molar-refractivity contribution in [3.63, 3.8) is 0 Å². The highest BCUT2D eigenvalue weighted by Gasteiger charge is 2.17. The molecule has 3 rings (SSSR count). The Labute approximate surface area is 188 Å². The Balaban J connectivity index is 1.85. The van der Waals surface area contributed by atoms with Gasteiger partial charge in [-0.25, -0.2) is 9.18 Å². The number of ether oxygens (including phenoxy) is 3. The summed E-state index contributed by atoms with van der Waals surface area (Å²) in [6.45, 7) is 0. The zero-order chi connectivity index (χ0) is 24.0. The standard InChI is InChI=1S/C24H19FNO7/c1-31-22-10-7-15(12-23(22)32-2)6-9-20(27)19-14-17(25)8-11-21(19)33-24(28)16-4-3-5-18(13-16)26(29)30/h3-14,29H,1-2H3/q-1. The average Bonchev–Trinajstić information content (AvgIpc) is 2.83. The molecule has 0 heterocycles. The Morgan fingerprint density at radius 2 is 1.70 bits per heavy atom. The van der Waals surface area contributed by atoms with Crippen molar-refractivity contribution in [3.8, 4) is 17.2 Å². The number of carbonyl (C=O) groups excluding carboxylic acids is 2. The van der Waals surface area contributed by atoms with Crippen LogP contribution in [0.3, 0.4) is 0 Å².